The van der Waals surface area contributed by atoms with Crippen molar-refractivity contribution in [3.8, 4) is 0 Å². The number of nitrogens with zero attached hydrogens (tertiary/aromatic N) is 3. The van der Waals surface area contributed by atoms with Crippen molar-refractivity contribution in [1.29, 1.82) is 0 Å². The first kappa shape index (κ1) is 17.5. The minimum absolute atomic E-state index is 0.0180. The molecule has 1 unspecified atom stereocenters. The Morgan fingerprint density at radius 1 is 1.38 bits per heavy atom. The fourth-order valence-corrected chi connectivity index (χ4v) is 5.47. The fraction of sp³-hybridized carbons (Fsp3) is 0.588. The molecule has 1 aliphatic rings. The predicted octanol–water partition coefficient (Wildman–Crippen LogP) is 2.83. The number of amides is 1. The van der Waals surface area contributed by atoms with Crippen molar-refractivity contribution in [2.75, 3.05) is 13.1 Å². The highest BCUT2D eigenvalue weighted by molar-refractivity contribution is 8.00. The van der Waals surface area contributed by atoms with E-state index in [9.17, 15) is 9.59 Å². The van der Waals surface area contributed by atoms with Crippen LogP contribution in [0.1, 0.15) is 37.6 Å². The van der Waals surface area contributed by atoms with E-state index >= 15 is 0 Å². The summed E-state index contributed by atoms with van der Waals surface area (Å²) in [5, 5.41) is 1.16. The summed E-state index contributed by atoms with van der Waals surface area (Å²) >= 11 is 3.02. The minimum atomic E-state index is -0.257. The van der Waals surface area contributed by atoms with Gasteiger partial charge in [-0.15, -0.1) is 11.3 Å². The van der Waals surface area contributed by atoms with Gasteiger partial charge in [0.15, 0.2) is 5.16 Å². The molecule has 24 heavy (non-hydrogen) atoms. The third-order valence-electron chi connectivity index (χ3n) is 4.61. The molecule has 0 bridgehead atoms. The number of aromatic nitrogens is 2. The van der Waals surface area contributed by atoms with Crippen LogP contribution >= 0.6 is 23.1 Å². The average Bonchev–Trinajstić information content (AvgIpc) is 3.13. The number of hydrogen-bond donors (Lipinski definition) is 0. The second-order valence-corrected chi connectivity index (χ2v) is 8.46. The quantitative estimate of drug-likeness (QED) is 0.604. The van der Waals surface area contributed by atoms with E-state index in [-0.39, 0.29) is 16.7 Å². The number of rotatable bonds is 5. The van der Waals surface area contributed by atoms with Crippen LogP contribution in [0, 0.1) is 0 Å². The fourth-order valence-electron chi connectivity index (χ4n) is 3.21. The average molecular weight is 366 g/mol. The Morgan fingerprint density at radius 3 is 2.75 bits per heavy atom. The summed E-state index contributed by atoms with van der Waals surface area (Å²) in [4.78, 5) is 33.9. The lowest BCUT2D eigenvalue weighted by Gasteiger charge is -2.22. The zero-order valence-corrected chi connectivity index (χ0v) is 16.2. The molecule has 1 atom stereocenters. The normalized spacial score (nSPS) is 14.8. The molecule has 1 amide bonds. The summed E-state index contributed by atoms with van der Waals surface area (Å²) < 4.78 is 1.60. The summed E-state index contributed by atoms with van der Waals surface area (Å²) in [6, 6.07) is 0. The molecule has 0 N–H and O–H groups in total. The number of carbonyl (C=O) groups excluding carboxylic acids is 1. The Bertz CT molecular complexity index is 836. The Morgan fingerprint density at radius 2 is 2.08 bits per heavy atom. The second-order valence-electron chi connectivity index (χ2n) is 6.07. The number of fused-ring (bicyclic) bond motifs is 3. The van der Waals surface area contributed by atoms with Gasteiger partial charge in [-0.25, -0.2) is 4.98 Å². The Labute approximate surface area is 150 Å². The maximum absolute atomic E-state index is 12.8. The van der Waals surface area contributed by atoms with E-state index in [2.05, 4.69) is 0 Å². The maximum Gasteiger partial charge on any atom is 0.262 e. The van der Waals surface area contributed by atoms with E-state index < -0.39 is 0 Å². The third-order valence-corrected chi connectivity index (χ3v) is 6.93. The highest BCUT2D eigenvalue weighted by Gasteiger charge is 2.25. The Balaban J connectivity index is 1.95. The molecule has 2 heterocycles. The van der Waals surface area contributed by atoms with E-state index in [1.54, 1.807) is 23.0 Å². The van der Waals surface area contributed by atoms with Crippen LogP contribution in [-0.4, -0.2) is 38.7 Å². The molecule has 0 fully saturated rings. The molecule has 0 saturated heterocycles. The molecule has 2 aromatic rings. The molecule has 5 nitrogen and oxygen atoms in total. The predicted molar refractivity (Wildman–Crippen MR) is 100 cm³/mol. The van der Waals surface area contributed by atoms with Crippen molar-refractivity contribution in [1.82, 2.24) is 14.5 Å². The molecule has 1 aliphatic carbocycles. The van der Waals surface area contributed by atoms with Gasteiger partial charge in [-0.2, -0.15) is 0 Å². The first-order chi connectivity index (χ1) is 11.5. The van der Waals surface area contributed by atoms with Crippen LogP contribution in [0.5, 0.6) is 0 Å². The second kappa shape index (κ2) is 6.88. The summed E-state index contributed by atoms with van der Waals surface area (Å²) in [5.74, 6) is 0.0908. The number of carbonyl (C=O) groups is 1. The summed E-state index contributed by atoms with van der Waals surface area (Å²) in [6.07, 6.45) is 3.17. The topological polar surface area (TPSA) is 55.2 Å². The van der Waals surface area contributed by atoms with Gasteiger partial charge in [0.05, 0.1) is 10.6 Å². The van der Waals surface area contributed by atoms with Crippen molar-refractivity contribution < 1.29 is 4.79 Å². The van der Waals surface area contributed by atoms with Crippen LogP contribution in [0.25, 0.3) is 10.2 Å². The lowest BCUT2D eigenvalue weighted by Crippen LogP contribution is -2.36. The molecule has 3 rings (SSSR count). The van der Waals surface area contributed by atoms with Gasteiger partial charge in [0.1, 0.15) is 4.83 Å². The lowest BCUT2D eigenvalue weighted by molar-refractivity contribution is -0.129. The van der Waals surface area contributed by atoms with E-state index in [1.165, 1.54) is 22.2 Å². The van der Waals surface area contributed by atoms with Crippen molar-refractivity contribution in [2.45, 2.75) is 50.4 Å². The number of thiophene rings is 1. The number of thioether (sulfide) groups is 1. The SMILES string of the molecule is CCN(CC)C(=O)C(C)Sc1nc2sc3c(c2c(=O)n1C)CCC3. The molecule has 0 spiro atoms. The van der Waals surface area contributed by atoms with E-state index in [0.717, 1.165) is 29.5 Å². The van der Waals surface area contributed by atoms with Gasteiger partial charge in [0, 0.05) is 25.0 Å². The van der Waals surface area contributed by atoms with Crippen molar-refractivity contribution in [2.24, 2.45) is 7.05 Å². The van der Waals surface area contributed by atoms with E-state index in [4.69, 9.17) is 4.98 Å². The van der Waals surface area contributed by atoms with Crippen LogP contribution in [0.15, 0.2) is 9.95 Å². The summed E-state index contributed by atoms with van der Waals surface area (Å²) in [7, 11) is 1.75. The highest BCUT2D eigenvalue weighted by atomic mass is 32.2. The van der Waals surface area contributed by atoms with Crippen molar-refractivity contribution in [3.05, 3.63) is 20.8 Å². The lowest BCUT2D eigenvalue weighted by atomic mass is 10.2. The van der Waals surface area contributed by atoms with Gasteiger partial charge in [-0.1, -0.05) is 11.8 Å². The van der Waals surface area contributed by atoms with Crippen LogP contribution in [-0.2, 0) is 24.7 Å². The molecule has 130 valence electrons. The summed E-state index contributed by atoms with van der Waals surface area (Å²) in [6.45, 7) is 7.24. The molecular formula is C17H23N3O2S2. The maximum atomic E-state index is 12.8. The first-order valence-corrected chi connectivity index (χ1v) is 10.1. The van der Waals surface area contributed by atoms with Gasteiger partial charge in [0.25, 0.3) is 5.56 Å². The number of aryl methyl sites for hydroxylation is 2. The molecule has 0 aromatic carbocycles. The van der Waals surface area contributed by atoms with Crippen LogP contribution < -0.4 is 5.56 Å². The number of hydrogen-bond acceptors (Lipinski definition) is 5. The monoisotopic (exact) mass is 365 g/mol. The zero-order valence-electron chi connectivity index (χ0n) is 14.6. The van der Waals surface area contributed by atoms with Crippen LogP contribution in [0.2, 0.25) is 0 Å². The Kier molecular flexibility index (Phi) is 5.01. The van der Waals surface area contributed by atoms with E-state index in [0.29, 0.717) is 18.2 Å². The standard InChI is InChI=1S/C17H23N3O2S2/c1-5-20(6-2)15(21)10(3)23-17-18-14-13(16(22)19(17)4)11-8-7-9-12(11)24-14/h10H,5-9H2,1-4H3. The van der Waals surface area contributed by atoms with Gasteiger partial charge >= 0.3 is 0 Å². The van der Waals surface area contributed by atoms with Crippen molar-refractivity contribution in [3.63, 3.8) is 0 Å². The van der Waals surface area contributed by atoms with Crippen LogP contribution in [0.4, 0.5) is 0 Å². The van der Waals surface area contributed by atoms with Gasteiger partial charge in [0.2, 0.25) is 5.91 Å². The molecule has 0 saturated carbocycles. The molecule has 0 radical (unpaired) electrons. The zero-order chi connectivity index (χ0) is 17.4. The largest absolute Gasteiger partial charge is 0.342 e. The smallest absolute Gasteiger partial charge is 0.262 e. The molecule has 7 heteroatoms. The van der Waals surface area contributed by atoms with E-state index in [1.807, 2.05) is 25.7 Å². The summed E-state index contributed by atoms with van der Waals surface area (Å²) in [5.41, 5.74) is 1.22. The molecule has 2 aromatic heterocycles. The molecule has 0 aliphatic heterocycles. The Hall–Kier alpha value is -1.34. The molecular weight excluding hydrogens is 342 g/mol. The third kappa shape index (κ3) is 2.88. The first-order valence-electron chi connectivity index (χ1n) is 8.44. The van der Waals surface area contributed by atoms with Crippen molar-refractivity contribution >= 4 is 39.2 Å². The van der Waals surface area contributed by atoms with Crippen LogP contribution in [0.3, 0.4) is 0 Å². The van der Waals surface area contributed by atoms with Gasteiger partial charge < -0.3 is 4.90 Å². The van der Waals surface area contributed by atoms with Gasteiger partial charge in [-0.05, 0) is 45.6 Å². The highest BCUT2D eigenvalue weighted by Crippen LogP contribution is 2.35. The minimum Gasteiger partial charge on any atom is -0.342 e. The van der Waals surface area contributed by atoms with Gasteiger partial charge in [-0.3, -0.25) is 14.2 Å².